The van der Waals surface area contributed by atoms with Gasteiger partial charge in [-0.15, -0.1) is 0 Å². The normalized spacial score (nSPS) is 17.8. The van der Waals surface area contributed by atoms with E-state index in [1.807, 2.05) is 19.9 Å². The van der Waals surface area contributed by atoms with Gasteiger partial charge in [0.15, 0.2) is 0 Å². The molecule has 0 aromatic heterocycles. The van der Waals surface area contributed by atoms with E-state index in [4.69, 9.17) is 11.6 Å². The summed E-state index contributed by atoms with van der Waals surface area (Å²) < 4.78 is 0. The molecule has 1 aliphatic rings. The molecule has 0 saturated heterocycles. The molecular formula is C14H17ClN2O2. The first-order valence-corrected chi connectivity index (χ1v) is 6.66. The van der Waals surface area contributed by atoms with Crippen molar-refractivity contribution in [2.75, 3.05) is 11.4 Å². The number of hydrogen-bond acceptors (Lipinski definition) is 2. The number of fused-ring (bicyclic) bond motifs is 1. The second kappa shape index (κ2) is 5.21. The van der Waals surface area contributed by atoms with Gasteiger partial charge in [0.2, 0.25) is 5.91 Å². The monoisotopic (exact) mass is 280 g/mol. The highest BCUT2D eigenvalue weighted by Crippen LogP contribution is 2.41. The molecule has 0 aliphatic carbocycles. The molecule has 2 rings (SSSR count). The van der Waals surface area contributed by atoms with Gasteiger partial charge in [0.25, 0.3) is 5.91 Å². The summed E-state index contributed by atoms with van der Waals surface area (Å²) in [5.74, 6) is -0.0215. The molecule has 0 fully saturated rings. The Kier molecular flexibility index (Phi) is 3.80. The smallest absolute Gasteiger partial charge is 0.254 e. The van der Waals surface area contributed by atoms with Gasteiger partial charge >= 0.3 is 0 Å². The standard InChI is InChI=1S/C14H17ClN2O2/c1-8(2)7-17-13-10(5-4-6-11(13)15)12(14(17)19)16-9(3)18/h4-6,8,12H,7H2,1-3H3,(H,16,18)/t12-/m1/s1. The average Bonchev–Trinajstić information content (AvgIpc) is 2.55. The lowest BCUT2D eigenvalue weighted by Gasteiger charge is -2.21. The lowest BCUT2D eigenvalue weighted by Crippen LogP contribution is -2.38. The van der Waals surface area contributed by atoms with Crippen LogP contribution in [0, 0.1) is 5.92 Å². The molecule has 1 heterocycles. The summed E-state index contributed by atoms with van der Waals surface area (Å²) in [5, 5.41) is 3.23. The minimum Gasteiger partial charge on any atom is -0.341 e. The van der Waals surface area contributed by atoms with E-state index in [0.717, 1.165) is 11.3 Å². The lowest BCUT2D eigenvalue weighted by atomic mass is 10.1. The van der Waals surface area contributed by atoms with Gasteiger partial charge in [-0.25, -0.2) is 0 Å². The van der Waals surface area contributed by atoms with Crippen molar-refractivity contribution < 1.29 is 9.59 Å². The third-order valence-electron chi connectivity index (χ3n) is 3.01. The van der Waals surface area contributed by atoms with Crippen molar-refractivity contribution >= 4 is 29.1 Å². The van der Waals surface area contributed by atoms with Gasteiger partial charge in [-0.1, -0.05) is 37.6 Å². The average molecular weight is 281 g/mol. The second-order valence-electron chi connectivity index (χ2n) is 5.15. The molecule has 1 aromatic carbocycles. The topological polar surface area (TPSA) is 49.4 Å². The second-order valence-corrected chi connectivity index (χ2v) is 5.56. The van der Waals surface area contributed by atoms with Crippen LogP contribution in [0.1, 0.15) is 32.4 Å². The van der Waals surface area contributed by atoms with E-state index in [0.29, 0.717) is 17.5 Å². The first-order chi connectivity index (χ1) is 8.91. The highest BCUT2D eigenvalue weighted by atomic mass is 35.5. The van der Waals surface area contributed by atoms with E-state index in [9.17, 15) is 9.59 Å². The predicted molar refractivity (Wildman–Crippen MR) is 75.2 cm³/mol. The van der Waals surface area contributed by atoms with Gasteiger partial charge in [-0.05, 0) is 12.0 Å². The van der Waals surface area contributed by atoms with Crippen LogP contribution in [0.25, 0.3) is 0 Å². The molecule has 2 amide bonds. The Morgan fingerprint density at radius 2 is 2.16 bits per heavy atom. The van der Waals surface area contributed by atoms with Crippen molar-refractivity contribution in [2.24, 2.45) is 5.92 Å². The number of carbonyl (C=O) groups is 2. The molecule has 0 unspecified atom stereocenters. The summed E-state index contributed by atoms with van der Waals surface area (Å²) in [6.07, 6.45) is 0. The Bertz CT molecular complexity index is 528. The summed E-state index contributed by atoms with van der Waals surface area (Å²) in [6, 6.07) is 4.77. The van der Waals surface area contributed by atoms with Crippen molar-refractivity contribution in [1.29, 1.82) is 0 Å². The van der Waals surface area contributed by atoms with Crippen LogP contribution >= 0.6 is 11.6 Å². The van der Waals surface area contributed by atoms with Crippen molar-refractivity contribution in [3.63, 3.8) is 0 Å². The van der Waals surface area contributed by atoms with E-state index in [2.05, 4.69) is 5.32 Å². The molecule has 5 heteroatoms. The zero-order valence-corrected chi connectivity index (χ0v) is 12.0. The van der Waals surface area contributed by atoms with Gasteiger partial charge < -0.3 is 10.2 Å². The fourth-order valence-electron chi connectivity index (χ4n) is 2.34. The van der Waals surface area contributed by atoms with Crippen molar-refractivity contribution in [3.8, 4) is 0 Å². The molecule has 1 aliphatic heterocycles. The van der Waals surface area contributed by atoms with Gasteiger partial charge in [0, 0.05) is 19.0 Å². The number of benzene rings is 1. The van der Waals surface area contributed by atoms with Crippen molar-refractivity contribution in [3.05, 3.63) is 28.8 Å². The Balaban J connectivity index is 2.45. The fraction of sp³-hybridized carbons (Fsp3) is 0.429. The highest BCUT2D eigenvalue weighted by Gasteiger charge is 2.39. The molecule has 1 atom stereocenters. The van der Waals surface area contributed by atoms with Crippen LogP contribution < -0.4 is 10.2 Å². The van der Waals surface area contributed by atoms with E-state index >= 15 is 0 Å². The number of anilines is 1. The highest BCUT2D eigenvalue weighted by molar-refractivity contribution is 6.34. The van der Waals surface area contributed by atoms with Gasteiger partial charge in [0.05, 0.1) is 10.7 Å². The van der Waals surface area contributed by atoms with E-state index in [-0.39, 0.29) is 11.8 Å². The molecule has 102 valence electrons. The third kappa shape index (κ3) is 2.59. The van der Waals surface area contributed by atoms with Crippen LogP contribution in [0.5, 0.6) is 0 Å². The summed E-state index contributed by atoms with van der Waals surface area (Å²) in [6.45, 7) is 6.07. The molecule has 0 radical (unpaired) electrons. The molecular weight excluding hydrogens is 264 g/mol. The lowest BCUT2D eigenvalue weighted by molar-refractivity contribution is -0.126. The number of amides is 2. The summed E-state index contributed by atoms with van der Waals surface area (Å²) >= 11 is 6.21. The van der Waals surface area contributed by atoms with Crippen molar-refractivity contribution in [2.45, 2.75) is 26.8 Å². The fourth-order valence-corrected chi connectivity index (χ4v) is 2.62. The molecule has 0 spiro atoms. The SMILES string of the molecule is CC(=O)N[C@H]1C(=O)N(CC(C)C)c2c(Cl)cccc21. The number of nitrogens with zero attached hydrogens (tertiary/aromatic N) is 1. The molecule has 0 saturated carbocycles. The number of para-hydroxylation sites is 1. The Labute approximate surface area is 117 Å². The summed E-state index contributed by atoms with van der Waals surface area (Å²) in [4.78, 5) is 25.4. The van der Waals surface area contributed by atoms with Gasteiger partial charge in [0.1, 0.15) is 6.04 Å². The first kappa shape index (κ1) is 13.9. The summed E-state index contributed by atoms with van der Waals surface area (Å²) in [5.41, 5.74) is 1.50. The molecule has 19 heavy (non-hydrogen) atoms. The molecule has 0 bridgehead atoms. The first-order valence-electron chi connectivity index (χ1n) is 6.28. The maximum atomic E-state index is 12.4. The maximum Gasteiger partial charge on any atom is 0.254 e. The van der Waals surface area contributed by atoms with Crippen LogP contribution in [0.15, 0.2) is 18.2 Å². The minimum absolute atomic E-state index is 0.119. The summed E-state index contributed by atoms with van der Waals surface area (Å²) in [7, 11) is 0. The van der Waals surface area contributed by atoms with Crippen molar-refractivity contribution in [1.82, 2.24) is 5.32 Å². The van der Waals surface area contributed by atoms with Crippen LogP contribution in [0.2, 0.25) is 5.02 Å². The number of hydrogen-bond donors (Lipinski definition) is 1. The Hall–Kier alpha value is -1.55. The quantitative estimate of drug-likeness (QED) is 0.925. The minimum atomic E-state index is -0.620. The van der Waals surface area contributed by atoms with E-state index in [1.165, 1.54) is 6.92 Å². The van der Waals surface area contributed by atoms with Gasteiger partial charge in [-0.2, -0.15) is 0 Å². The largest absolute Gasteiger partial charge is 0.341 e. The number of nitrogens with one attached hydrogen (secondary N) is 1. The number of halogens is 1. The molecule has 1 aromatic rings. The van der Waals surface area contributed by atoms with Gasteiger partial charge in [-0.3, -0.25) is 9.59 Å². The maximum absolute atomic E-state index is 12.4. The zero-order chi connectivity index (χ0) is 14.2. The third-order valence-corrected chi connectivity index (χ3v) is 3.31. The Morgan fingerprint density at radius 1 is 1.47 bits per heavy atom. The van der Waals surface area contributed by atoms with Crippen LogP contribution in [0.3, 0.4) is 0 Å². The molecule has 4 nitrogen and oxygen atoms in total. The molecule has 1 N–H and O–H groups in total. The van der Waals surface area contributed by atoms with Crippen LogP contribution in [0.4, 0.5) is 5.69 Å². The van der Waals surface area contributed by atoms with E-state index in [1.54, 1.807) is 17.0 Å². The van der Waals surface area contributed by atoms with E-state index < -0.39 is 6.04 Å². The number of rotatable bonds is 3. The zero-order valence-electron chi connectivity index (χ0n) is 11.2. The van der Waals surface area contributed by atoms with Crippen LogP contribution in [-0.2, 0) is 9.59 Å². The Morgan fingerprint density at radius 3 is 2.74 bits per heavy atom. The predicted octanol–water partition coefficient (Wildman–Crippen LogP) is 2.52. The number of carbonyl (C=O) groups excluding carboxylic acids is 2. The van der Waals surface area contributed by atoms with Crippen LogP contribution in [-0.4, -0.2) is 18.4 Å².